The lowest BCUT2D eigenvalue weighted by Gasteiger charge is -2.15. The van der Waals surface area contributed by atoms with Gasteiger partial charge in [0.15, 0.2) is 0 Å². The average Bonchev–Trinajstić information content (AvgIpc) is 2.71. The van der Waals surface area contributed by atoms with Crippen LogP contribution in [0.1, 0.15) is 12.0 Å². The summed E-state index contributed by atoms with van der Waals surface area (Å²) in [5.41, 5.74) is 0.964. The van der Waals surface area contributed by atoms with Gasteiger partial charge in [-0.05, 0) is 11.6 Å². The van der Waals surface area contributed by atoms with Gasteiger partial charge in [0.1, 0.15) is 0 Å². The van der Waals surface area contributed by atoms with Crippen LogP contribution in [0.3, 0.4) is 0 Å². The summed E-state index contributed by atoms with van der Waals surface area (Å²) in [5.74, 6) is -0.652. The van der Waals surface area contributed by atoms with Crippen LogP contribution in [-0.2, 0) is 20.9 Å². The number of esters is 1. The molecule has 0 radical (unpaired) electrons. The van der Waals surface area contributed by atoms with Gasteiger partial charge in [0, 0.05) is 31.9 Å². The Morgan fingerprint density at radius 1 is 1.65 bits per heavy atom. The number of likely N-dealkylation sites (tertiary alicyclic amines) is 1. The largest absolute Gasteiger partial charge is 0.469 e. The third-order valence-corrected chi connectivity index (χ3v) is 2.85. The van der Waals surface area contributed by atoms with Gasteiger partial charge in [-0.2, -0.15) is 0 Å². The van der Waals surface area contributed by atoms with Crippen molar-refractivity contribution in [2.45, 2.75) is 13.0 Å². The van der Waals surface area contributed by atoms with Crippen molar-refractivity contribution in [1.82, 2.24) is 9.88 Å². The highest BCUT2D eigenvalue weighted by atomic mass is 16.5. The van der Waals surface area contributed by atoms with Crippen molar-refractivity contribution >= 4 is 11.9 Å². The average molecular weight is 234 g/mol. The number of pyridine rings is 1. The minimum absolute atomic E-state index is 0.00995. The van der Waals surface area contributed by atoms with Crippen molar-refractivity contribution in [2.24, 2.45) is 5.92 Å². The monoisotopic (exact) mass is 234 g/mol. The molecule has 0 spiro atoms. The first-order valence-electron chi connectivity index (χ1n) is 5.45. The van der Waals surface area contributed by atoms with Crippen LogP contribution in [0.5, 0.6) is 0 Å². The zero-order valence-electron chi connectivity index (χ0n) is 9.63. The fourth-order valence-electron chi connectivity index (χ4n) is 1.96. The maximum atomic E-state index is 11.7. The van der Waals surface area contributed by atoms with Gasteiger partial charge in [0.05, 0.1) is 13.0 Å². The SMILES string of the molecule is COC(=O)C1CC(=O)N(Cc2cccnc2)C1. The first kappa shape index (κ1) is 11.6. The smallest absolute Gasteiger partial charge is 0.310 e. The van der Waals surface area contributed by atoms with E-state index in [0.717, 1.165) is 5.56 Å². The Balaban J connectivity index is 1.99. The van der Waals surface area contributed by atoms with E-state index in [9.17, 15) is 9.59 Å². The summed E-state index contributed by atoms with van der Waals surface area (Å²) in [7, 11) is 1.34. The summed E-state index contributed by atoms with van der Waals surface area (Å²) >= 11 is 0. The lowest BCUT2D eigenvalue weighted by molar-refractivity contribution is -0.145. The summed E-state index contributed by atoms with van der Waals surface area (Å²) in [4.78, 5) is 28.7. The first-order valence-corrected chi connectivity index (χ1v) is 5.45. The standard InChI is InChI=1S/C12H14N2O3/c1-17-12(16)10-5-11(15)14(8-10)7-9-3-2-4-13-6-9/h2-4,6,10H,5,7-8H2,1H3. The van der Waals surface area contributed by atoms with Gasteiger partial charge in [0.25, 0.3) is 0 Å². The Labute approximate surface area is 99.4 Å². The van der Waals surface area contributed by atoms with E-state index in [1.165, 1.54) is 7.11 Å². The molecular formula is C12H14N2O3. The van der Waals surface area contributed by atoms with Crippen LogP contribution in [0.15, 0.2) is 24.5 Å². The lowest BCUT2D eigenvalue weighted by atomic mass is 10.1. The van der Waals surface area contributed by atoms with Crippen LogP contribution < -0.4 is 0 Å². The Hall–Kier alpha value is -1.91. The molecule has 5 heteroatoms. The number of nitrogens with zero attached hydrogens (tertiary/aromatic N) is 2. The van der Waals surface area contributed by atoms with Crippen molar-refractivity contribution in [3.63, 3.8) is 0 Å². The van der Waals surface area contributed by atoms with Crippen molar-refractivity contribution < 1.29 is 14.3 Å². The van der Waals surface area contributed by atoms with Crippen LogP contribution in [0.4, 0.5) is 0 Å². The van der Waals surface area contributed by atoms with Crippen LogP contribution in [0, 0.1) is 5.92 Å². The van der Waals surface area contributed by atoms with E-state index in [1.807, 2.05) is 12.1 Å². The van der Waals surface area contributed by atoms with Gasteiger partial charge >= 0.3 is 5.97 Å². The number of aromatic nitrogens is 1. The zero-order valence-corrected chi connectivity index (χ0v) is 9.63. The van der Waals surface area contributed by atoms with Gasteiger partial charge in [-0.25, -0.2) is 0 Å². The molecule has 1 unspecified atom stereocenters. The molecule has 1 fully saturated rings. The number of methoxy groups -OCH3 is 1. The van der Waals surface area contributed by atoms with Crippen LogP contribution >= 0.6 is 0 Å². The van der Waals surface area contributed by atoms with Crippen molar-refractivity contribution in [3.05, 3.63) is 30.1 Å². The second-order valence-corrected chi connectivity index (χ2v) is 4.06. The van der Waals surface area contributed by atoms with Crippen molar-refractivity contribution in [1.29, 1.82) is 0 Å². The maximum Gasteiger partial charge on any atom is 0.310 e. The molecule has 5 nitrogen and oxygen atoms in total. The van der Waals surface area contributed by atoms with E-state index in [4.69, 9.17) is 0 Å². The molecule has 17 heavy (non-hydrogen) atoms. The second-order valence-electron chi connectivity index (χ2n) is 4.06. The summed E-state index contributed by atoms with van der Waals surface area (Å²) < 4.78 is 4.65. The molecule has 1 aliphatic rings. The normalized spacial score (nSPS) is 19.5. The number of hydrogen-bond acceptors (Lipinski definition) is 4. The number of ether oxygens (including phenoxy) is 1. The minimum Gasteiger partial charge on any atom is -0.469 e. The fraction of sp³-hybridized carbons (Fsp3) is 0.417. The van der Waals surface area contributed by atoms with Crippen LogP contribution in [0.2, 0.25) is 0 Å². The summed E-state index contributed by atoms with van der Waals surface area (Å²) in [6, 6.07) is 3.74. The molecule has 1 aromatic heterocycles. The highest BCUT2D eigenvalue weighted by Crippen LogP contribution is 2.20. The number of carbonyl (C=O) groups excluding carboxylic acids is 2. The Kier molecular flexibility index (Phi) is 3.37. The van der Waals surface area contributed by atoms with Gasteiger partial charge in [-0.3, -0.25) is 14.6 Å². The highest BCUT2D eigenvalue weighted by Gasteiger charge is 2.34. The molecular weight excluding hydrogens is 220 g/mol. The first-order chi connectivity index (χ1) is 8.20. The predicted octanol–water partition coefficient (Wildman–Crippen LogP) is 0.603. The van der Waals surface area contributed by atoms with Crippen molar-refractivity contribution in [2.75, 3.05) is 13.7 Å². The molecule has 1 aliphatic heterocycles. The van der Waals surface area contributed by atoms with Gasteiger partial charge < -0.3 is 9.64 Å². The number of amides is 1. The summed E-state index contributed by atoms with van der Waals surface area (Å²) in [5, 5.41) is 0. The summed E-state index contributed by atoms with van der Waals surface area (Å²) in [6.45, 7) is 0.931. The zero-order chi connectivity index (χ0) is 12.3. The van der Waals surface area contributed by atoms with Gasteiger partial charge in [-0.15, -0.1) is 0 Å². The van der Waals surface area contributed by atoms with E-state index >= 15 is 0 Å². The number of carbonyl (C=O) groups is 2. The lowest BCUT2D eigenvalue weighted by Crippen LogP contribution is -2.26. The Morgan fingerprint density at radius 3 is 3.12 bits per heavy atom. The van der Waals surface area contributed by atoms with E-state index in [-0.39, 0.29) is 24.2 Å². The van der Waals surface area contributed by atoms with E-state index < -0.39 is 0 Å². The maximum absolute atomic E-state index is 11.7. The van der Waals surface area contributed by atoms with Gasteiger partial charge in [-0.1, -0.05) is 6.07 Å². The molecule has 0 bridgehead atoms. The predicted molar refractivity (Wildman–Crippen MR) is 59.8 cm³/mol. The van der Waals surface area contributed by atoms with Crippen LogP contribution in [0.25, 0.3) is 0 Å². The topological polar surface area (TPSA) is 59.5 Å². The fourth-order valence-corrected chi connectivity index (χ4v) is 1.96. The molecule has 1 atom stereocenters. The van der Waals surface area contributed by atoms with Gasteiger partial charge in [0.2, 0.25) is 5.91 Å². The molecule has 2 rings (SSSR count). The summed E-state index contributed by atoms with van der Waals surface area (Å²) in [6.07, 6.45) is 3.65. The molecule has 1 amide bonds. The molecule has 1 saturated heterocycles. The quantitative estimate of drug-likeness (QED) is 0.719. The molecule has 0 aliphatic carbocycles. The molecule has 0 saturated carbocycles. The Bertz CT molecular complexity index is 419. The van der Waals surface area contributed by atoms with E-state index in [1.54, 1.807) is 17.3 Å². The third kappa shape index (κ3) is 2.61. The molecule has 1 aromatic rings. The molecule has 0 N–H and O–H groups in total. The van der Waals surface area contributed by atoms with E-state index in [0.29, 0.717) is 13.1 Å². The molecule has 0 aromatic carbocycles. The third-order valence-electron chi connectivity index (χ3n) is 2.85. The highest BCUT2D eigenvalue weighted by molar-refractivity contribution is 5.86. The molecule has 90 valence electrons. The second kappa shape index (κ2) is 4.95. The minimum atomic E-state index is -0.329. The van der Waals surface area contributed by atoms with E-state index in [2.05, 4.69) is 9.72 Å². The number of rotatable bonds is 3. The molecule has 2 heterocycles. The van der Waals surface area contributed by atoms with Crippen LogP contribution in [-0.4, -0.2) is 35.4 Å². The Morgan fingerprint density at radius 2 is 2.47 bits per heavy atom. The number of hydrogen-bond donors (Lipinski definition) is 0. The van der Waals surface area contributed by atoms with Crippen molar-refractivity contribution in [3.8, 4) is 0 Å².